The summed E-state index contributed by atoms with van der Waals surface area (Å²) in [5.74, 6) is -0.0208. The Bertz CT molecular complexity index is 1240. The lowest BCUT2D eigenvalue weighted by atomic mass is 10.0. The minimum atomic E-state index is -0.385. The first-order valence-electron chi connectivity index (χ1n) is 10.5. The van der Waals surface area contributed by atoms with E-state index in [0.717, 1.165) is 4.88 Å². The summed E-state index contributed by atoms with van der Waals surface area (Å²) < 4.78 is 20.1. The predicted molar refractivity (Wildman–Crippen MR) is 120 cm³/mol. The number of likely N-dealkylation sites (tertiary alicyclic amines) is 1. The standard InChI is InChI=1S/C23H20FN5O3S/c24-15-5-7-17(8-6-15)29-21(19-4-2-14-33-19)26-20(27-29)22(30)25-16-9-11-28(12-10-16)23(31)18-3-1-13-32-18/h1-8,13-14,16H,9-12H2,(H,25,30). The van der Waals surface area contributed by atoms with Gasteiger partial charge in [-0.15, -0.1) is 16.4 Å². The van der Waals surface area contributed by atoms with E-state index in [1.807, 2.05) is 17.5 Å². The fourth-order valence-electron chi connectivity index (χ4n) is 3.77. The van der Waals surface area contributed by atoms with Crippen molar-refractivity contribution in [3.05, 3.63) is 77.6 Å². The third-order valence-corrected chi connectivity index (χ3v) is 6.34. The highest BCUT2D eigenvalue weighted by Crippen LogP contribution is 2.26. The average Bonchev–Trinajstić information content (AvgIpc) is 3.61. The number of carbonyl (C=O) groups is 2. The van der Waals surface area contributed by atoms with E-state index in [1.54, 1.807) is 33.8 Å². The molecule has 1 aliphatic rings. The predicted octanol–water partition coefficient (Wildman–Crippen LogP) is 3.76. The smallest absolute Gasteiger partial charge is 0.291 e. The Labute approximate surface area is 192 Å². The van der Waals surface area contributed by atoms with Gasteiger partial charge in [-0.3, -0.25) is 9.59 Å². The van der Waals surface area contributed by atoms with Crippen LogP contribution in [0.4, 0.5) is 4.39 Å². The number of furan rings is 1. The number of benzene rings is 1. The number of thiophene rings is 1. The second kappa shape index (κ2) is 8.99. The lowest BCUT2D eigenvalue weighted by Gasteiger charge is -2.31. The Morgan fingerprint density at radius 3 is 2.55 bits per heavy atom. The van der Waals surface area contributed by atoms with E-state index in [-0.39, 0.29) is 29.5 Å². The van der Waals surface area contributed by atoms with E-state index in [0.29, 0.717) is 43.2 Å². The molecule has 0 radical (unpaired) electrons. The molecule has 3 aromatic heterocycles. The Morgan fingerprint density at radius 2 is 1.88 bits per heavy atom. The molecule has 0 spiro atoms. The topological polar surface area (TPSA) is 93.3 Å². The zero-order valence-corrected chi connectivity index (χ0v) is 18.3. The number of amides is 2. The highest BCUT2D eigenvalue weighted by atomic mass is 32.1. The molecule has 168 valence electrons. The fraction of sp³-hybridized carbons (Fsp3) is 0.217. The van der Waals surface area contributed by atoms with Crippen molar-refractivity contribution in [2.45, 2.75) is 18.9 Å². The van der Waals surface area contributed by atoms with Crippen molar-refractivity contribution >= 4 is 23.2 Å². The monoisotopic (exact) mass is 465 g/mol. The molecular formula is C23H20FN5O3S. The second-order valence-corrected chi connectivity index (χ2v) is 8.59. The molecule has 2 amide bonds. The number of rotatable bonds is 5. The van der Waals surface area contributed by atoms with Crippen molar-refractivity contribution in [3.63, 3.8) is 0 Å². The maximum Gasteiger partial charge on any atom is 0.291 e. The first-order valence-corrected chi connectivity index (χ1v) is 11.4. The molecule has 0 bridgehead atoms. The number of piperidine rings is 1. The first kappa shape index (κ1) is 21.1. The lowest BCUT2D eigenvalue weighted by molar-refractivity contribution is 0.0666. The number of hydrogen-bond donors (Lipinski definition) is 1. The van der Waals surface area contributed by atoms with Crippen molar-refractivity contribution in [2.24, 2.45) is 0 Å². The average molecular weight is 466 g/mol. The van der Waals surface area contributed by atoms with Gasteiger partial charge in [-0.05, 0) is 60.7 Å². The van der Waals surface area contributed by atoms with Crippen LogP contribution in [0.1, 0.15) is 34.0 Å². The normalized spacial score (nSPS) is 14.4. The lowest BCUT2D eigenvalue weighted by Crippen LogP contribution is -2.46. The van der Waals surface area contributed by atoms with Crippen LogP contribution in [0.25, 0.3) is 16.4 Å². The molecule has 10 heteroatoms. The number of nitrogens with one attached hydrogen (secondary N) is 1. The van der Waals surface area contributed by atoms with Gasteiger partial charge in [-0.25, -0.2) is 14.1 Å². The maximum absolute atomic E-state index is 13.4. The van der Waals surface area contributed by atoms with Crippen LogP contribution < -0.4 is 5.32 Å². The minimum Gasteiger partial charge on any atom is -0.459 e. The highest BCUT2D eigenvalue weighted by molar-refractivity contribution is 7.13. The van der Waals surface area contributed by atoms with E-state index in [1.165, 1.54) is 29.7 Å². The SMILES string of the molecule is O=C(NC1CCN(C(=O)c2ccco2)CC1)c1nc(-c2cccs2)n(-c2ccc(F)cc2)n1. The van der Waals surface area contributed by atoms with E-state index in [2.05, 4.69) is 15.4 Å². The van der Waals surface area contributed by atoms with Crippen molar-refractivity contribution in [3.8, 4) is 16.4 Å². The number of carbonyl (C=O) groups excluding carboxylic acids is 2. The Balaban J connectivity index is 1.30. The molecule has 1 N–H and O–H groups in total. The summed E-state index contributed by atoms with van der Waals surface area (Å²) in [6.45, 7) is 1.03. The first-order chi connectivity index (χ1) is 16.1. The van der Waals surface area contributed by atoms with Crippen molar-refractivity contribution in [1.29, 1.82) is 0 Å². The molecular weight excluding hydrogens is 445 g/mol. The number of hydrogen-bond acceptors (Lipinski definition) is 6. The quantitative estimate of drug-likeness (QED) is 0.484. The number of nitrogens with zero attached hydrogens (tertiary/aromatic N) is 4. The van der Waals surface area contributed by atoms with Crippen LogP contribution in [-0.4, -0.2) is 50.6 Å². The summed E-state index contributed by atoms with van der Waals surface area (Å²) in [5.41, 5.74) is 0.607. The molecule has 0 aliphatic carbocycles. The molecule has 0 atom stereocenters. The molecule has 8 nitrogen and oxygen atoms in total. The van der Waals surface area contributed by atoms with E-state index >= 15 is 0 Å². The third-order valence-electron chi connectivity index (χ3n) is 5.47. The van der Waals surface area contributed by atoms with Gasteiger partial charge < -0.3 is 14.6 Å². The van der Waals surface area contributed by atoms with Gasteiger partial charge in [0.25, 0.3) is 11.8 Å². The summed E-state index contributed by atoms with van der Waals surface area (Å²) in [4.78, 5) is 32.4. The molecule has 0 saturated carbocycles. The van der Waals surface area contributed by atoms with Crippen molar-refractivity contribution in [2.75, 3.05) is 13.1 Å². The molecule has 4 aromatic rings. The second-order valence-electron chi connectivity index (χ2n) is 7.64. The van der Waals surface area contributed by atoms with Gasteiger partial charge in [0, 0.05) is 19.1 Å². The van der Waals surface area contributed by atoms with Crippen LogP contribution in [0.5, 0.6) is 0 Å². The zero-order valence-electron chi connectivity index (χ0n) is 17.5. The van der Waals surface area contributed by atoms with Crippen LogP contribution in [0.2, 0.25) is 0 Å². The molecule has 0 unspecified atom stereocenters. The minimum absolute atomic E-state index is 0.0387. The molecule has 4 heterocycles. The van der Waals surface area contributed by atoms with Gasteiger partial charge in [0.05, 0.1) is 16.8 Å². The Kier molecular flexibility index (Phi) is 5.74. The van der Waals surface area contributed by atoms with Gasteiger partial charge in [-0.1, -0.05) is 6.07 Å². The van der Waals surface area contributed by atoms with E-state index < -0.39 is 0 Å². The van der Waals surface area contributed by atoms with Crippen molar-refractivity contribution in [1.82, 2.24) is 25.0 Å². The van der Waals surface area contributed by atoms with Crippen LogP contribution in [0.3, 0.4) is 0 Å². The summed E-state index contributed by atoms with van der Waals surface area (Å²) in [6, 6.07) is 12.9. The number of aromatic nitrogens is 3. The molecule has 1 aliphatic heterocycles. The van der Waals surface area contributed by atoms with E-state index in [9.17, 15) is 14.0 Å². The fourth-order valence-corrected chi connectivity index (χ4v) is 4.47. The molecule has 5 rings (SSSR count). The molecule has 1 aromatic carbocycles. The highest BCUT2D eigenvalue weighted by Gasteiger charge is 2.27. The van der Waals surface area contributed by atoms with Crippen LogP contribution in [-0.2, 0) is 0 Å². The molecule has 33 heavy (non-hydrogen) atoms. The van der Waals surface area contributed by atoms with Gasteiger partial charge in [-0.2, -0.15) is 0 Å². The third kappa shape index (κ3) is 4.42. The largest absolute Gasteiger partial charge is 0.459 e. The zero-order chi connectivity index (χ0) is 22.8. The summed E-state index contributed by atoms with van der Waals surface area (Å²) in [5, 5.41) is 9.30. The summed E-state index contributed by atoms with van der Waals surface area (Å²) in [6.07, 6.45) is 2.71. The molecule has 1 fully saturated rings. The Hall–Kier alpha value is -3.79. The van der Waals surface area contributed by atoms with Crippen LogP contribution in [0, 0.1) is 5.82 Å². The summed E-state index contributed by atoms with van der Waals surface area (Å²) in [7, 11) is 0. The van der Waals surface area contributed by atoms with Crippen molar-refractivity contribution < 1.29 is 18.4 Å². The maximum atomic E-state index is 13.4. The van der Waals surface area contributed by atoms with E-state index in [4.69, 9.17) is 4.42 Å². The summed E-state index contributed by atoms with van der Waals surface area (Å²) >= 11 is 1.48. The van der Waals surface area contributed by atoms with Gasteiger partial charge in [0.15, 0.2) is 11.6 Å². The van der Waals surface area contributed by atoms with Crippen LogP contribution >= 0.6 is 11.3 Å². The van der Waals surface area contributed by atoms with Gasteiger partial charge >= 0.3 is 0 Å². The molecule has 1 saturated heterocycles. The van der Waals surface area contributed by atoms with Crippen LogP contribution in [0.15, 0.2) is 64.6 Å². The van der Waals surface area contributed by atoms with Gasteiger partial charge in [0.2, 0.25) is 5.82 Å². The Morgan fingerprint density at radius 1 is 1.09 bits per heavy atom. The number of halogens is 1. The van der Waals surface area contributed by atoms with Gasteiger partial charge in [0.1, 0.15) is 5.82 Å².